The number of hydrogen-bond acceptors (Lipinski definition) is 12. The van der Waals surface area contributed by atoms with E-state index < -0.39 is 53.7 Å². The Kier molecular flexibility index (Phi) is 17.8. The van der Waals surface area contributed by atoms with Gasteiger partial charge in [0.15, 0.2) is 11.5 Å². The van der Waals surface area contributed by atoms with Gasteiger partial charge in [-0.15, -0.1) is 0 Å². The van der Waals surface area contributed by atoms with Crippen molar-refractivity contribution in [1.82, 2.24) is 10.3 Å². The number of aromatic hydroxyl groups is 1. The van der Waals surface area contributed by atoms with Crippen molar-refractivity contribution >= 4 is 21.6 Å². The number of aromatic amines is 1. The number of benzene rings is 3. The Morgan fingerprint density at radius 2 is 1.57 bits per heavy atom. The van der Waals surface area contributed by atoms with Crippen LogP contribution >= 0.6 is 21.6 Å². The summed E-state index contributed by atoms with van der Waals surface area (Å²) in [6.07, 6.45) is 18.3. The van der Waals surface area contributed by atoms with E-state index in [-0.39, 0.29) is 77.0 Å². The van der Waals surface area contributed by atoms with Gasteiger partial charge in [-0.05, 0) is 201 Å². The summed E-state index contributed by atoms with van der Waals surface area (Å²) in [4.78, 5) is 3.39. The lowest BCUT2D eigenvalue weighted by Crippen LogP contribution is -2.53. The molecule has 9 aliphatic rings. The van der Waals surface area contributed by atoms with Gasteiger partial charge in [-0.2, -0.15) is 0 Å². The third-order valence-electron chi connectivity index (χ3n) is 23.8. The number of phenolic OH excluding ortho intramolecular Hbond substituents is 1. The molecule has 1 aromatic heterocycles. The summed E-state index contributed by atoms with van der Waals surface area (Å²) in [5.41, 5.74) is 16.9. The van der Waals surface area contributed by atoms with Crippen molar-refractivity contribution in [2.75, 3.05) is 31.3 Å². The van der Waals surface area contributed by atoms with E-state index in [9.17, 15) is 35.7 Å². The Labute approximate surface area is 518 Å². The molecule has 13 heteroatoms. The highest BCUT2D eigenvalue weighted by Crippen LogP contribution is 2.69. The minimum absolute atomic E-state index is 0.0185. The van der Waals surface area contributed by atoms with Crippen LogP contribution < -0.4 is 15.8 Å². The molecule has 3 aromatic carbocycles. The number of aromatic nitrogens is 1. The van der Waals surface area contributed by atoms with E-state index in [0.717, 1.165) is 53.7 Å². The summed E-state index contributed by atoms with van der Waals surface area (Å²) in [5, 5.41) is 89.0. The van der Waals surface area contributed by atoms with Gasteiger partial charge in [0.05, 0.1) is 24.4 Å². The van der Waals surface area contributed by atoms with Crippen molar-refractivity contribution < 1.29 is 40.5 Å². The molecular weight excluding hydrogens is 1110 g/mol. The number of aliphatic hydroxyl groups excluding tert-OH is 6. The molecule has 13 rings (SSSR count). The van der Waals surface area contributed by atoms with Crippen LogP contribution in [0.15, 0.2) is 120 Å². The lowest BCUT2D eigenvalue weighted by molar-refractivity contribution is -0.0759. The number of fused-ring (bicyclic) bond motifs is 8. The summed E-state index contributed by atoms with van der Waals surface area (Å²) < 4.78 is 7.04. The molecule has 3 heterocycles. The number of nitrogens with one attached hydrogen (secondary N) is 2. The summed E-state index contributed by atoms with van der Waals surface area (Å²) in [6, 6.07) is 28.2. The number of hydrogen-bond donors (Lipinski definition) is 10. The van der Waals surface area contributed by atoms with E-state index in [2.05, 4.69) is 102 Å². The fourth-order valence-corrected chi connectivity index (χ4v) is 22.1. The lowest BCUT2D eigenvalue weighted by Gasteiger charge is -2.58. The highest BCUT2D eigenvalue weighted by atomic mass is 33.1. The van der Waals surface area contributed by atoms with Crippen LogP contribution in [0, 0.1) is 75.4 Å². The Hall–Kier alpha value is -4.62. The number of allylic oxidation sites excluding steroid dienone is 3. The van der Waals surface area contributed by atoms with Crippen LogP contribution in [-0.4, -0.2) is 103 Å². The second kappa shape index (κ2) is 25.3. The van der Waals surface area contributed by atoms with E-state index in [1.165, 1.54) is 67.2 Å². The highest BCUT2D eigenvalue weighted by Gasteiger charge is 2.61. The smallest absolute Gasteiger partial charge is 0.161 e. The molecule has 2 aliphatic heterocycles. The predicted molar refractivity (Wildman–Crippen MR) is 343 cm³/mol. The van der Waals surface area contributed by atoms with Gasteiger partial charge in [0.1, 0.15) is 11.9 Å². The zero-order valence-corrected chi connectivity index (χ0v) is 51.9. The maximum atomic E-state index is 12.9. The first-order valence-electron chi connectivity index (χ1n) is 32.9. The van der Waals surface area contributed by atoms with Gasteiger partial charge in [-0.1, -0.05) is 132 Å². The molecule has 0 amide bonds. The molecular formula is C73H93N3O8S2. The first-order valence-corrected chi connectivity index (χ1v) is 35.4. The maximum Gasteiger partial charge on any atom is 0.161 e. The molecule has 86 heavy (non-hydrogen) atoms. The number of aliphatic hydroxyl groups is 6. The van der Waals surface area contributed by atoms with E-state index in [1.807, 2.05) is 24.4 Å². The summed E-state index contributed by atoms with van der Waals surface area (Å²) in [7, 11) is 3.26. The number of phenols is 1. The first kappa shape index (κ1) is 60.3. The van der Waals surface area contributed by atoms with E-state index >= 15 is 0 Å². The number of ether oxygens (including phenoxy) is 1. The molecule has 460 valence electrons. The predicted octanol–water partition coefficient (Wildman–Crippen LogP) is 11.2. The number of H-pyrrole nitrogens is 1. The van der Waals surface area contributed by atoms with Crippen molar-refractivity contribution in [3.05, 3.63) is 153 Å². The van der Waals surface area contributed by atoms with E-state index in [4.69, 9.17) is 10.5 Å². The highest BCUT2D eigenvalue weighted by molar-refractivity contribution is 8.76. The van der Waals surface area contributed by atoms with Gasteiger partial charge in [0, 0.05) is 83.7 Å². The van der Waals surface area contributed by atoms with Crippen LogP contribution in [0.5, 0.6) is 11.5 Å². The molecule has 3 saturated carbocycles. The van der Waals surface area contributed by atoms with Crippen molar-refractivity contribution in [3.8, 4) is 23.3 Å². The fourth-order valence-electron chi connectivity index (χ4n) is 19.6. The Morgan fingerprint density at radius 1 is 0.779 bits per heavy atom. The number of nitrogens with two attached hydrogens (primary N) is 1. The molecule has 1 saturated heterocycles. The van der Waals surface area contributed by atoms with Gasteiger partial charge in [0.2, 0.25) is 0 Å². The monoisotopic (exact) mass is 1200 g/mol. The third-order valence-corrected chi connectivity index (χ3v) is 26.2. The van der Waals surface area contributed by atoms with Crippen LogP contribution in [0.1, 0.15) is 149 Å². The lowest BCUT2D eigenvalue weighted by atomic mass is 9.46. The molecule has 17 atom stereocenters. The van der Waals surface area contributed by atoms with Gasteiger partial charge < -0.3 is 56.5 Å². The van der Waals surface area contributed by atoms with Gasteiger partial charge in [-0.25, -0.2) is 0 Å². The minimum atomic E-state index is -1.08. The quantitative estimate of drug-likeness (QED) is 0.0455. The zero-order valence-electron chi connectivity index (χ0n) is 50.3. The van der Waals surface area contributed by atoms with Crippen LogP contribution in [0.3, 0.4) is 0 Å². The topological polar surface area (TPSA) is 205 Å². The standard InChI is InChI=1S/C73H93N3O8S2/c1-2-44-28-49-32-64(81)66(84-67-33-50(29-52-16-10-26-75-52)54-20-27-76-70(74)61(54)43-86-85-42-51(40-77)69(67)83)35-56(49)58-34-65(82)68-47(31-55(44)58)19-25-71(37-53(79)17-18-63(68)80)38-59(45-12-4-3-5-13-45)57-30-46-14-6-7-15-48(46)36-73(39-60(57)62(71)41-78)24-11-23-72(73)21-8-9-22-72/h3-7,10,12-16,20,26,31-32,35,44,47,50-51,53,57-60,62-63,65,67-69,75-83H,2,8-9,11,17-18,21-24,27-30,33-34,36-43,74H2,1H3. The number of rotatable bonds is 8. The Morgan fingerprint density at radius 3 is 2.35 bits per heavy atom. The average Bonchev–Trinajstić information content (AvgIpc) is 1.44. The van der Waals surface area contributed by atoms with Crippen molar-refractivity contribution in [2.24, 2.45) is 69.3 Å². The van der Waals surface area contributed by atoms with Crippen molar-refractivity contribution in [1.29, 1.82) is 0 Å². The molecule has 0 bridgehead atoms. The molecule has 0 radical (unpaired) electrons. The SMILES string of the molecule is CCC1Cc2cc(O)c(OC3CC(Cc4ccc[nH]4)C4=CCNC(N)=C4CSSCC(CO)C3O)cc2C2CC(O)C3C(C#CC4(CC(O)CCC3O)CC(c3ccccc3)C3Cc5ccccc5CC5(CCCC56CCCC6)CC3C4CO)C=C12. The van der Waals surface area contributed by atoms with Crippen LogP contribution in [0.2, 0.25) is 0 Å². The Bertz CT molecular complexity index is 3200. The van der Waals surface area contributed by atoms with Crippen LogP contribution in [-0.2, 0) is 25.7 Å². The summed E-state index contributed by atoms with van der Waals surface area (Å²) >= 11 is 0. The van der Waals surface area contributed by atoms with Crippen LogP contribution in [0.4, 0.5) is 0 Å². The molecule has 7 aliphatic carbocycles. The average molecular weight is 1200 g/mol. The van der Waals surface area contributed by atoms with Crippen molar-refractivity contribution in [2.45, 2.75) is 171 Å². The van der Waals surface area contributed by atoms with E-state index in [1.54, 1.807) is 21.6 Å². The Balaban J connectivity index is 0.896. The van der Waals surface area contributed by atoms with Crippen LogP contribution in [0.25, 0.3) is 0 Å². The molecule has 4 fully saturated rings. The second-order valence-electron chi connectivity index (χ2n) is 28.1. The van der Waals surface area contributed by atoms with Gasteiger partial charge in [0.25, 0.3) is 0 Å². The van der Waals surface area contributed by atoms with Crippen molar-refractivity contribution in [3.63, 3.8) is 0 Å². The maximum absolute atomic E-state index is 12.9. The third kappa shape index (κ3) is 11.3. The summed E-state index contributed by atoms with van der Waals surface area (Å²) in [5.74, 6) is 8.31. The normalized spacial score (nSPS) is 37.0. The first-order chi connectivity index (χ1) is 41.8. The van der Waals surface area contributed by atoms with E-state index in [0.29, 0.717) is 75.2 Å². The van der Waals surface area contributed by atoms with Gasteiger partial charge >= 0.3 is 0 Å². The molecule has 3 spiro atoms. The summed E-state index contributed by atoms with van der Waals surface area (Å²) in [6.45, 7) is 2.52. The molecule has 4 aromatic rings. The molecule has 17 unspecified atom stereocenters. The number of dihydropyridines is 1. The van der Waals surface area contributed by atoms with Gasteiger partial charge in [-0.3, -0.25) is 0 Å². The largest absolute Gasteiger partial charge is 0.504 e. The molecule has 11 nitrogen and oxygen atoms in total. The second-order valence-corrected chi connectivity index (χ2v) is 30.6. The minimum Gasteiger partial charge on any atom is -0.504 e. The molecule has 11 N–H and O–H groups in total. The fraction of sp³-hybridized carbons (Fsp3) is 0.589. The zero-order chi connectivity index (χ0) is 59.3.